The summed E-state index contributed by atoms with van der Waals surface area (Å²) >= 11 is 3.21. The second-order valence-corrected chi connectivity index (χ2v) is 4.25. The fraction of sp³-hybridized carbons (Fsp3) is 0.455. The Morgan fingerprint density at radius 2 is 2.38 bits per heavy atom. The Morgan fingerprint density at radius 1 is 1.62 bits per heavy atom. The first-order chi connectivity index (χ1) is 7.67. The highest BCUT2D eigenvalue weighted by molar-refractivity contribution is 9.10. The highest BCUT2D eigenvalue weighted by Gasteiger charge is 2.12. The molecular formula is C11H15BrN2O2. The van der Waals surface area contributed by atoms with E-state index in [0.717, 1.165) is 6.42 Å². The number of hydrogen-bond donors (Lipinski definition) is 2. The summed E-state index contributed by atoms with van der Waals surface area (Å²) in [5.41, 5.74) is 0.380. The van der Waals surface area contributed by atoms with Crippen LogP contribution in [0.5, 0.6) is 0 Å². The van der Waals surface area contributed by atoms with Gasteiger partial charge in [-0.15, -0.1) is 0 Å². The second-order valence-electron chi connectivity index (χ2n) is 3.44. The van der Waals surface area contributed by atoms with Crippen molar-refractivity contribution in [1.82, 2.24) is 10.3 Å². The smallest absolute Gasteiger partial charge is 0.270 e. The van der Waals surface area contributed by atoms with Gasteiger partial charge in [-0.2, -0.15) is 0 Å². The van der Waals surface area contributed by atoms with Crippen LogP contribution in [-0.4, -0.2) is 28.6 Å². The van der Waals surface area contributed by atoms with Gasteiger partial charge in [-0.3, -0.25) is 4.79 Å². The van der Waals surface area contributed by atoms with E-state index in [1.165, 1.54) is 0 Å². The molecule has 1 aromatic heterocycles. The van der Waals surface area contributed by atoms with Crippen LogP contribution >= 0.6 is 15.9 Å². The van der Waals surface area contributed by atoms with Crippen molar-refractivity contribution in [3.05, 3.63) is 28.5 Å². The van der Waals surface area contributed by atoms with Gasteiger partial charge in [0.05, 0.1) is 0 Å². The third-order valence-electron chi connectivity index (χ3n) is 2.25. The lowest BCUT2D eigenvalue weighted by Gasteiger charge is -2.15. The van der Waals surface area contributed by atoms with Crippen molar-refractivity contribution < 1.29 is 9.90 Å². The predicted molar refractivity (Wildman–Crippen MR) is 65.2 cm³/mol. The van der Waals surface area contributed by atoms with Crippen LogP contribution in [0.4, 0.5) is 0 Å². The summed E-state index contributed by atoms with van der Waals surface area (Å²) in [6.45, 7) is 2.04. The molecule has 0 saturated carbocycles. The number of hydrogen-bond acceptors (Lipinski definition) is 3. The third kappa shape index (κ3) is 3.90. The van der Waals surface area contributed by atoms with E-state index >= 15 is 0 Å². The van der Waals surface area contributed by atoms with Crippen molar-refractivity contribution in [2.75, 3.05) is 6.61 Å². The van der Waals surface area contributed by atoms with Gasteiger partial charge in [0.25, 0.3) is 5.91 Å². The van der Waals surface area contributed by atoms with Crippen LogP contribution in [0.2, 0.25) is 0 Å². The zero-order valence-electron chi connectivity index (χ0n) is 9.11. The number of amides is 1. The van der Waals surface area contributed by atoms with Crippen LogP contribution in [-0.2, 0) is 0 Å². The van der Waals surface area contributed by atoms with E-state index in [2.05, 4.69) is 26.2 Å². The summed E-state index contributed by atoms with van der Waals surface area (Å²) in [6, 6.07) is 5.19. The van der Waals surface area contributed by atoms with Gasteiger partial charge in [-0.05, 0) is 40.9 Å². The van der Waals surface area contributed by atoms with E-state index in [0.29, 0.717) is 16.7 Å². The third-order valence-corrected chi connectivity index (χ3v) is 2.69. The molecule has 0 aliphatic rings. The number of carbonyl (C=O) groups excluding carboxylic acids is 1. The maximum atomic E-state index is 11.8. The molecule has 0 aliphatic heterocycles. The first-order valence-corrected chi connectivity index (χ1v) is 6.01. The first-order valence-electron chi connectivity index (χ1n) is 5.21. The molecule has 0 spiro atoms. The van der Waals surface area contributed by atoms with Crippen molar-refractivity contribution in [2.45, 2.75) is 25.8 Å². The number of aliphatic hydroxyl groups is 1. The second kappa shape index (κ2) is 6.60. The number of aromatic nitrogens is 1. The Kier molecular flexibility index (Phi) is 5.42. The number of aliphatic hydroxyl groups excluding tert-OH is 1. The van der Waals surface area contributed by atoms with Crippen molar-refractivity contribution >= 4 is 21.8 Å². The number of nitrogens with zero attached hydrogens (tertiary/aromatic N) is 1. The molecular weight excluding hydrogens is 272 g/mol. The minimum atomic E-state index is -0.207. The quantitative estimate of drug-likeness (QED) is 0.811. The Hall–Kier alpha value is -0.940. The van der Waals surface area contributed by atoms with Crippen LogP contribution in [0.1, 0.15) is 30.3 Å². The monoisotopic (exact) mass is 286 g/mol. The van der Waals surface area contributed by atoms with Gasteiger partial charge in [-0.25, -0.2) is 4.98 Å². The summed E-state index contributed by atoms with van der Waals surface area (Å²) in [7, 11) is 0. The van der Waals surface area contributed by atoms with Gasteiger partial charge < -0.3 is 10.4 Å². The molecule has 0 bridgehead atoms. The van der Waals surface area contributed by atoms with Crippen molar-refractivity contribution in [2.24, 2.45) is 0 Å². The molecule has 0 saturated heterocycles. The minimum absolute atomic E-state index is 0.00159. The summed E-state index contributed by atoms with van der Waals surface area (Å²) in [5.74, 6) is -0.207. The van der Waals surface area contributed by atoms with E-state index < -0.39 is 0 Å². The summed E-state index contributed by atoms with van der Waals surface area (Å²) in [5, 5.41) is 11.6. The fourth-order valence-electron chi connectivity index (χ4n) is 1.33. The highest BCUT2D eigenvalue weighted by atomic mass is 79.9. The zero-order valence-corrected chi connectivity index (χ0v) is 10.7. The average molecular weight is 287 g/mol. The van der Waals surface area contributed by atoms with Gasteiger partial charge in [0.1, 0.15) is 10.3 Å². The number of carbonyl (C=O) groups is 1. The van der Waals surface area contributed by atoms with E-state index in [1.807, 2.05) is 6.92 Å². The molecule has 1 aromatic rings. The molecule has 1 amide bonds. The Labute approximate surface area is 103 Å². The molecule has 1 heterocycles. The lowest BCUT2D eigenvalue weighted by molar-refractivity contribution is 0.0924. The topological polar surface area (TPSA) is 62.2 Å². The molecule has 1 unspecified atom stereocenters. The van der Waals surface area contributed by atoms with Crippen molar-refractivity contribution in [3.63, 3.8) is 0 Å². The van der Waals surface area contributed by atoms with Crippen LogP contribution in [0.3, 0.4) is 0 Å². The van der Waals surface area contributed by atoms with E-state index in [-0.39, 0.29) is 18.6 Å². The van der Waals surface area contributed by atoms with Crippen LogP contribution in [0.15, 0.2) is 22.8 Å². The molecule has 5 heteroatoms. The van der Waals surface area contributed by atoms with Crippen LogP contribution in [0, 0.1) is 0 Å². The molecule has 0 fully saturated rings. The lowest BCUT2D eigenvalue weighted by Crippen LogP contribution is -2.35. The molecule has 1 atom stereocenters. The van der Waals surface area contributed by atoms with Gasteiger partial charge in [0.15, 0.2) is 0 Å². The van der Waals surface area contributed by atoms with E-state index in [9.17, 15) is 4.79 Å². The van der Waals surface area contributed by atoms with Gasteiger partial charge in [0, 0.05) is 12.6 Å². The van der Waals surface area contributed by atoms with Gasteiger partial charge in [-0.1, -0.05) is 13.0 Å². The van der Waals surface area contributed by atoms with Crippen LogP contribution < -0.4 is 5.32 Å². The number of pyridine rings is 1. The van der Waals surface area contributed by atoms with E-state index in [1.54, 1.807) is 18.2 Å². The highest BCUT2D eigenvalue weighted by Crippen LogP contribution is 2.07. The molecule has 0 radical (unpaired) electrons. The van der Waals surface area contributed by atoms with E-state index in [4.69, 9.17) is 5.11 Å². The number of halogens is 1. The Morgan fingerprint density at radius 3 is 2.94 bits per heavy atom. The fourth-order valence-corrected chi connectivity index (χ4v) is 1.67. The molecule has 2 N–H and O–H groups in total. The SMILES string of the molecule is CCC(CCO)NC(=O)c1cccc(Br)n1. The summed E-state index contributed by atoms with van der Waals surface area (Å²) < 4.78 is 0.635. The average Bonchev–Trinajstić information content (AvgIpc) is 2.28. The molecule has 4 nitrogen and oxygen atoms in total. The Bertz CT molecular complexity index is 358. The Balaban J connectivity index is 2.64. The lowest BCUT2D eigenvalue weighted by atomic mass is 10.1. The molecule has 0 aromatic carbocycles. The van der Waals surface area contributed by atoms with Gasteiger partial charge in [0.2, 0.25) is 0 Å². The molecule has 0 aliphatic carbocycles. The standard InChI is InChI=1S/C11H15BrN2O2/c1-2-8(6-7-15)13-11(16)9-4-3-5-10(12)14-9/h3-5,8,15H,2,6-7H2,1H3,(H,13,16). The summed E-state index contributed by atoms with van der Waals surface area (Å²) in [4.78, 5) is 15.8. The maximum absolute atomic E-state index is 11.8. The largest absolute Gasteiger partial charge is 0.396 e. The minimum Gasteiger partial charge on any atom is -0.396 e. The molecule has 16 heavy (non-hydrogen) atoms. The zero-order chi connectivity index (χ0) is 12.0. The van der Waals surface area contributed by atoms with Crippen LogP contribution in [0.25, 0.3) is 0 Å². The van der Waals surface area contributed by atoms with Crippen molar-refractivity contribution in [1.29, 1.82) is 0 Å². The number of nitrogens with one attached hydrogen (secondary N) is 1. The predicted octanol–water partition coefficient (Wildman–Crippen LogP) is 1.73. The normalized spacial score (nSPS) is 12.2. The molecule has 88 valence electrons. The van der Waals surface area contributed by atoms with Crippen molar-refractivity contribution in [3.8, 4) is 0 Å². The molecule has 1 rings (SSSR count). The maximum Gasteiger partial charge on any atom is 0.270 e. The van der Waals surface area contributed by atoms with Gasteiger partial charge >= 0.3 is 0 Å². The first kappa shape index (κ1) is 13.1. The number of rotatable bonds is 5. The summed E-state index contributed by atoms with van der Waals surface area (Å²) in [6.07, 6.45) is 1.36.